The first kappa shape index (κ1) is 11.6. The summed E-state index contributed by atoms with van der Waals surface area (Å²) < 4.78 is 2.51. The molecule has 0 spiro atoms. The minimum Gasteiger partial charge on any atom is -0.356 e. The first-order valence-electron chi connectivity index (χ1n) is 8.51. The van der Waals surface area contributed by atoms with Crippen LogP contribution in [0.4, 0.5) is 5.95 Å². The Balaban J connectivity index is 1.57. The predicted molar refractivity (Wildman–Crippen MR) is 79.7 cm³/mol. The van der Waals surface area contributed by atoms with Crippen molar-refractivity contribution in [2.24, 2.45) is 23.2 Å². The molecule has 4 saturated carbocycles. The van der Waals surface area contributed by atoms with Crippen LogP contribution in [0.25, 0.3) is 0 Å². The highest BCUT2D eigenvalue weighted by molar-refractivity contribution is 5.32. The van der Waals surface area contributed by atoms with Crippen molar-refractivity contribution in [1.29, 1.82) is 0 Å². The molecule has 2 heterocycles. The molecule has 0 aromatic carbocycles. The van der Waals surface area contributed by atoms with E-state index in [1.54, 1.807) is 19.3 Å². The molecule has 1 unspecified atom stereocenters. The summed E-state index contributed by atoms with van der Waals surface area (Å²) in [6, 6.07) is 0.716. The maximum absolute atomic E-state index is 4.68. The highest BCUT2D eigenvalue weighted by Gasteiger charge is 2.55. The van der Waals surface area contributed by atoms with Crippen LogP contribution < -0.4 is 5.32 Å². The molecule has 1 aromatic heterocycles. The fourth-order valence-electron chi connectivity index (χ4n) is 6.53. The Labute approximate surface area is 121 Å². The van der Waals surface area contributed by atoms with E-state index < -0.39 is 0 Å². The molecular formula is C17H25N3. The molecule has 1 aliphatic heterocycles. The van der Waals surface area contributed by atoms with Crippen LogP contribution in [-0.4, -0.2) is 16.1 Å². The lowest BCUT2D eigenvalue weighted by Crippen LogP contribution is -2.51. The van der Waals surface area contributed by atoms with Gasteiger partial charge >= 0.3 is 0 Å². The summed E-state index contributed by atoms with van der Waals surface area (Å²) in [6.45, 7) is 3.24. The van der Waals surface area contributed by atoms with Crippen molar-refractivity contribution in [3.05, 3.63) is 11.9 Å². The fraction of sp³-hybridized carbons (Fsp3) is 0.824. The van der Waals surface area contributed by atoms with Gasteiger partial charge in [0.2, 0.25) is 5.95 Å². The number of nitrogens with one attached hydrogen (secondary N) is 1. The molecule has 3 nitrogen and oxygen atoms in total. The summed E-state index contributed by atoms with van der Waals surface area (Å²) in [4.78, 5) is 4.68. The highest BCUT2D eigenvalue weighted by atomic mass is 15.2. The minimum absolute atomic E-state index is 0.610. The van der Waals surface area contributed by atoms with Crippen LogP contribution in [0.2, 0.25) is 0 Å². The Hall–Kier alpha value is -0.990. The van der Waals surface area contributed by atoms with Gasteiger partial charge in [-0.05, 0) is 75.0 Å². The Kier molecular flexibility index (Phi) is 2.22. The van der Waals surface area contributed by atoms with Crippen LogP contribution in [-0.2, 0) is 0 Å². The number of anilines is 1. The quantitative estimate of drug-likeness (QED) is 0.842. The van der Waals surface area contributed by atoms with Crippen molar-refractivity contribution in [3.8, 4) is 0 Å². The van der Waals surface area contributed by atoms with Gasteiger partial charge in [-0.25, -0.2) is 4.98 Å². The maximum atomic E-state index is 4.68. The van der Waals surface area contributed by atoms with Crippen LogP contribution >= 0.6 is 0 Å². The van der Waals surface area contributed by atoms with E-state index >= 15 is 0 Å². The summed E-state index contributed by atoms with van der Waals surface area (Å²) in [6.07, 6.45) is 12.7. The molecule has 1 aromatic rings. The normalized spacial score (nSPS) is 45.2. The van der Waals surface area contributed by atoms with Gasteiger partial charge in [-0.2, -0.15) is 0 Å². The largest absolute Gasteiger partial charge is 0.356 e. The van der Waals surface area contributed by atoms with E-state index in [2.05, 4.69) is 28.0 Å². The molecular weight excluding hydrogens is 246 g/mol. The summed E-state index contributed by atoms with van der Waals surface area (Å²) in [5.74, 6) is 4.27. The summed E-state index contributed by atoms with van der Waals surface area (Å²) in [5, 5.41) is 3.50. The average molecular weight is 271 g/mol. The van der Waals surface area contributed by atoms with Gasteiger partial charge in [-0.15, -0.1) is 0 Å². The smallest absolute Gasteiger partial charge is 0.203 e. The molecule has 108 valence electrons. The summed E-state index contributed by atoms with van der Waals surface area (Å²) in [7, 11) is 0. The van der Waals surface area contributed by atoms with Gasteiger partial charge in [0.05, 0.1) is 5.69 Å². The molecule has 0 saturated heterocycles. The Morgan fingerprint density at radius 1 is 1.15 bits per heavy atom. The zero-order valence-electron chi connectivity index (χ0n) is 12.4. The van der Waals surface area contributed by atoms with Gasteiger partial charge in [0.25, 0.3) is 0 Å². The SMILES string of the molecule is Cc1cn2c(n1)NCCC2C12CC3CC(CC(C3)C1)C2. The molecule has 4 fully saturated rings. The van der Waals surface area contributed by atoms with Gasteiger partial charge in [-0.3, -0.25) is 0 Å². The van der Waals surface area contributed by atoms with Crippen LogP contribution in [0.15, 0.2) is 6.20 Å². The van der Waals surface area contributed by atoms with Gasteiger partial charge < -0.3 is 9.88 Å². The molecule has 20 heavy (non-hydrogen) atoms. The zero-order chi connectivity index (χ0) is 13.3. The second-order valence-electron chi connectivity index (χ2n) is 8.12. The molecule has 4 bridgehead atoms. The third-order valence-electron chi connectivity index (χ3n) is 6.68. The van der Waals surface area contributed by atoms with E-state index in [0.717, 1.165) is 30.2 Å². The fourth-order valence-corrected chi connectivity index (χ4v) is 6.53. The van der Waals surface area contributed by atoms with Crippen molar-refractivity contribution >= 4 is 5.95 Å². The Morgan fingerprint density at radius 3 is 2.45 bits per heavy atom. The van der Waals surface area contributed by atoms with Crippen molar-refractivity contribution in [2.75, 3.05) is 11.9 Å². The molecule has 0 radical (unpaired) electrons. The van der Waals surface area contributed by atoms with Gasteiger partial charge in [0.15, 0.2) is 0 Å². The van der Waals surface area contributed by atoms with Gasteiger partial charge in [-0.1, -0.05) is 0 Å². The van der Waals surface area contributed by atoms with Gasteiger partial charge in [0, 0.05) is 18.8 Å². The van der Waals surface area contributed by atoms with E-state index in [0.29, 0.717) is 11.5 Å². The van der Waals surface area contributed by atoms with E-state index in [1.165, 1.54) is 31.4 Å². The standard InChI is InChI=1S/C17H25N3/c1-11-10-20-15(2-3-18-16(20)19-11)17-7-12-4-13(8-17)6-14(5-12)9-17/h10,12-15H,2-9H2,1H3,(H,18,19). The van der Waals surface area contributed by atoms with E-state index in [4.69, 9.17) is 0 Å². The lowest BCUT2D eigenvalue weighted by atomic mass is 9.47. The van der Waals surface area contributed by atoms with Crippen molar-refractivity contribution in [1.82, 2.24) is 9.55 Å². The molecule has 0 amide bonds. The Morgan fingerprint density at radius 2 is 1.80 bits per heavy atom. The number of rotatable bonds is 1. The van der Waals surface area contributed by atoms with E-state index in [-0.39, 0.29) is 0 Å². The lowest BCUT2D eigenvalue weighted by molar-refractivity contribution is -0.0844. The second-order valence-corrected chi connectivity index (χ2v) is 8.12. The number of nitrogens with zero attached hydrogens (tertiary/aromatic N) is 2. The highest BCUT2D eigenvalue weighted by Crippen LogP contribution is 2.64. The molecule has 4 aliphatic carbocycles. The van der Waals surface area contributed by atoms with Crippen molar-refractivity contribution in [2.45, 2.75) is 57.9 Å². The third-order valence-corrected chi connectivity index (χ3v) is 6.68. The van der Waals surface area contributed by atoms with Crippen LogP contribution in [0.3, 0.4) is 0 Å². The number of imidazole rings is 1. The minimum atomic E-state index is 0.610. The summed E-state index contributed by atoms with van der Waals surface area (Å²) >= 11 is 0. The van der Waals surface area contributed by atoms with Crippen LogP contribution in [0.1, 0.15) is 56.7 Å². The molecule has 1 atom stereocenters. The van der Waals surface area contributed by atoms with E-state index in [1.807, 2.05) is 0 Å². The van der Waals surface area contributed by atoms with Crippen molar-refractivity contribution < 1.29 is 0 Å². The lowest BCUT2D eigenvalue weighted by Gasteiger charge is -2.60. The van der Waals surface area contributed by atoms with Crippen molar-refractivity contribution in [3.63, 3.8) is 0 Å². The molecule has 6 rings (SSSR count). The van der Waals surface area contributed by atoms with Gasteiger partial charge in [0.1, 0.15) is 0 Å². The number of fused-ring (bicyclic) bond motifs is 1. The number of hydrogen-bond donors (Lipinski definition) is 1. The second kappa shape index (κ2) is 3.80. The maximum Gasteiger partial charge on any atom is 0.203 e. The third kappa shape index (κ3) is 1.49. The van der Waals surface area contributed by atoms with Crippen LogP contribution in [0.5, 0.6) is 0 Å². The number of aromatic nitrogens is 2. The van der Waals surface area contributed by atoms with Crippen LogP contribution in [0, 0.1) is 30.1 Å². The topological polar surface area (TPSA) is 29.9 Å². The summed E-state index contributed by atoms with van der Waals surface area (Å²) in [5.41, 5.74) is 1.78. The zero-order valence-corrected chi connectivity index (χ0v) is 12.4. The average Bonchev–Trinajstić information content (AvgIpc) is 2.76. The molecule has 1 N–H and O–H groups in total. The Bertz CT molecular complexity index is 509. The molecule has 3 heteroatoms. The molecule has 5 aliphatic rings. The monoisotopic (exact) mass is 271 g/mol. The number of hydrogen-bond acceptors (Lipinski definition) is 2. The van der Waals surface area contributed by atoms with E-state index in [9.17, 15) is 0 Å². The first-order chi connectivity index (χ1) is 9.72. The number of aryl methyl sites for hydroxylation is 1. The predicted octanol–water partition coefficient (Wildman–Crippen LogP) is 3.76. The first-order valence-corrected chi connectivity index (χ1v) is 8.51.